The van der Waals surface area contributed by atoms with E-state index in [0.717, 1.165) is 48.1 Å². The van der Waals surface area contributed by atoms with E-state index in [-0.39, 0.29) is 17.9 Å². The van der Waals surface area contributed by atoms with Crippen LogP contribution >= 0.6 is 0 Å². The van der Waals surface area contributed by atoms with Gasteiger partial charge in [0.05, 0.1) is 18.7 Å². The maximum Gasteiger partial charge on any atom is 0.328 e. The van der Waals surface area contributed by atoms with Gasteiger partial charge in [-0.2, -0.15) is 5.10 Å². The fourth-order valence-corrected chi connectivity index (χ4v) is 5.74. The molecule has 11 nitrogen and oxygen atoms in total. The zero-order chi connectivity index (χ0) is 24.6. The molecule has 3 aliphatic heterocycles. The van der Waals surface area contributed by atoms with Crippen LogP contribution in [0.3, 0.4) is 0 Å². The quantitative estimate of drug-likeness (QED) is 0.368. The molecule has 11 heteroatoms. The van der Waals surface area contributed by atoms with E-state index in [9.17, 15) is 9.59 Å². The number of rotatable bonds is 7. The smallest absolute Gasteiger partial charge is 0.328 e. The Balaban J connectivity index is 1.15. The highest BCUT2D eigenvalue weighted by Gasteiger charge is 2.42. The molecule has 0 spiro atoms. The van der Waals surface area contributed by atoms with Gasteiger partial charge in [0.25, 0.3) is 0 Å². The molecule has 1 unspecified atom stereocenters. The Morgan fingerprint density at radius 1 is 1.19 bits per heavy atom. The van der Waals surface area contributed by atoms with Crippen LogP contribution < -0.4 is 16.0 Å². The molecule has 1 amide bonds. The Bertz CT molecular complexity index is 1280. The summed E-state index contributed by atoms with van der Waals surface area (Å²) in [6.45, 7) is 2.65. The Morgan fingerprint density at radius 2 is 2.03 bits per heavy atom. The first-order chi connectivity index (χ1) is 17.5. The highest BCUT2D eigenvalue weighted by Crippen LogP contribution is 2.37. The zero-order valence-electron chi connectivity index (χ0n) is 20.2. The topological polar surface area (TPSA) is 137 Å². The second-order valence-electron chi connectivity index (χ2n) is 9.93. The summed E-state index contributed by atoms with van der Waals surface area (Å²) in [6, 6.07) is 8.18. The lowest BCUT2D eigenvalue weighted by atomic mass is 9.97. The SMILES string of the molecule is Cc1cc(Nc2cc3ncccc3c(NC3C[C@H]4CC[C@@H](C3)N4CC(=O)N[C@@H]3CCOC3=O)n2)n[nH]1. The number of piperidine rings is 1. The average Bonchev–Trinajstić information content (AvgIpc) is 3.51. The summed E-state index contributed by atoms with van der Waals surface area (Å²) in [7, 11) is 0. The van der Waals surface area contributed by atoms with Gasteiger partial charge >= 0.3 is 5.97 Å². The fourth-order valence-electron chi connectivity index (χ4n) is 5.74. The number of nitrogens with zero attached hydrogens (tertiary/aromatic N) is 4. The van der Waals surface area contributed by atoms with Crippen molar-refractivity contribution < 1.29 is 14.3 Å². The Hall–Kier alpha value is -3.73. The summed E-state index contributed by atoms with van der Waals surface area (Å²) in [4.78, 5) is 36.0. The molecule has 0 radical (unpaired) electrons. The lowest BCUT2D eigenvalue weighted by Crippen LogP contribution is -2.52. The highest BCUT2D eigenvalue weighted by atomic mass is 16.5. The first-order valence-corrected chi connectivity index (χ1v) is 12.5. The minimum atomic E-state index is -0.506. The van der Waals surface area contributed by atoms with E-state index in [2.05, 4.69) is 36.0 Å². The van der Waals surface area contributed by atoms with Gasteiger partial charge in [0.2, 0.25) is 5.91 Å². The summed E-state index contributed by atoms with van der Waals surface area (Å²) in [6.07, 6.45) is 6.31. The van der Waals surface area contributed by atoms with Crippen molar-refractivity contribution in [2.45, 2.75) is 63.2 Å². The van der Waals surface area contributed by atoms with Gasteiger partial charge in [-0.05, 0) is 44.7 Å². The molecule has 4 N–H and O–H groups in total. The number of hydrogen-bond donors (Lipinski definition) is 4. The Kier molecular flexibility index (Phi) is 5.92. The van der Waals surface area contributed by atoms with Gasteiger partial charge in [-0.25, -0.2) is 9.78 Å². The third-order valence-electron chi connectivity index (χ3n) is 7.38. The number of esters is 1. The average molecular weight is 491 g/mol. The number of aryl methyl sites for hydroxylation is 1. The number of aromatic amines is 1. The van der Waals surface area contributed by atoms with Crippen molar-refractivity contribution in [2.75, 3.05) is 23.8 Å². The van der Waals surface area contributed by atoms with Crippen LogP contribution in [0.25, 0.3) is 10.9 Å². The summed E-state index contributed by atoms with van der Waals surface area (Å²) >= 11 is 0. The molecule has 3 aliphatic rings. The number of aromatic nitrogens is 4. The number of carbonyl (C=O) groups excluding carboxylic acids is 2. The van der Waals surface area contributed by atoms with Crippen LogP contribution in [0.2, 0.25) is 0 Å². The molecule has 3 aromatic rings. The van der Waals surface area contributed by atoms with Crippen molar-refractivity contribution in [3.8, 4) is 0 Å². The van der Waals surface area contributed by atoms with Crippen molar-refractivity contribution in [1.29, 1.82) is 0 Å². The van der Waals surface area contributed by atoms with Gasteiger partial charge < -0.3 is 20.7 Å². The molecular formula is C25H30N8O3. The molecule has 0 saturated carbocycles. The lowest BCUT2D eigenvalue weighted by Gasteiger charge is -2.39. The third kappa shape index (κ3) is 4.58. The summed E-state index contributed by atoms with van der Waals surface area (Å²) in [5.74, 6) is 1.75. The monoisotopic (exact) mass is 490 g/mol. The van der Waals surface area contributed by atoms with E-state index in [0.29, 0.717) is 43.3 Å². The minimum Gasteiger partial charge on any atom is -0.464 e. The maximum atomic E-state index is 12.6. The summed E-state index contributed by atoms with van der Waals surface area (Å²) < 4.78 is 4.96. The van der Waals surface area contributed by atoms with Gasteiger partial charge in [0.15, 0.2) is 5.82 Å². The van der Waals surface area contributed by atoms with Gasteiger partial charge in [-0.3, -0.25) is 19.8 Å². The summed E-state index contributed by atoms with van der Waals surface area (Å²) in [5.41, 5.74) is 1.82. The molecule has 0 aromatic carbocycles. The number of fused-ring (bicyclic) bond motifs is 3. The molecule has 188 valence electrons. The number of H-pyrrole nitrogens is 1. The normalized spacial score (nSPS) is 25.6. The third-order valence-corrected chi connectivity index (χ3v) is 7.38. The van der Waals surface area contributed by atoms with Crippen LogP contribution in [0.1, 0.15) is 37.8 Å². The lowest BCUT2D eigenvalue weighted by molar-refractivity contribution is -0.141. The molecule has 3 fully saturated rings. The predicted octanol–water partition coefficient (Wildman–Crippen LogP) is 2.24. The van der Waals surface area contributed by atoms with Crippen molar-refractivity contribution >= 4 is 40.2 Å². The van der Waals surface area contributed by atoms with Crippen LogP contribution in [-0.4, -0.2) is 74.3 Å². The number of anilines is 3. The summed E-state index contributed by atoms with van der Waals surface area (Å²) in [5, 5.41) is 18.0. The zero-order valence-corrected chi connectivity index (χ0v) is 20.2. The highest BCUT2D eigenvalue weighted by molar-refractivity contribution is 5.91. The van der Waals surface area contributed by atoms with E-state index in [1.54, 1.807) is 6.20 Å². The molecular weight excluding hydrogens is 460 g/mol. The predicted molar refractivity (Wildman–Crippen MR) is 134 cm³/mol. The first kappa shape index (κ1) is 22.7. The van der Waals surface area contributed by atoms with Gasteiger partial charge in [0, 0.05) is 54.0 Å². The van der Waals surface area contributed by atoms with Crippen LogP contribution in [-0.2, 0) is 14.3 Å². The first-order valence-electron chi connectivity index (χ1n) is 12.5. The van der Waals surface area contributed by atoms with E-state index >= 15 is 0 Å². The number of cyclic esters (lactones) is 1. The van der Waals surface area contributed by atoms with Crippen molar-refractivity contribution in [3.05, 3.63) is 36.2 Å². The van der Waals surface area contributed by atoms with E-state index in [4.69, 9.17) is 9.72 Å². The van der Waals surface area contributed by atoms with Crippen LogP contribution in [0.4, 0.5) is 17.5 Å². The standard InChI is InChI=1S/C25H30N8O3/c1-14-9-22(32-31-14)29-21-12-20-18(3-2-7-26-20)24(30-21)27-15-10-16-4-5-17(11-15)33(16)13-23(34)28-19-6-8-36-25(19)35/h2-3,7,9,12,15-17,19H,4-6,8,10-11,13H2,1H3,(H,28,34)(H3,27,29,30,31,32)/t15?,16-,17+,19-/m1/s1. The van der Waals surface area contributed by atoms with Crippen molar-refractivity contribution in [2.24, 2.45) is 0 Å². The number of hydrogen-bond acceptors (Lipinski definition) is 9. The van der Waals surface area contributed by atoms with Crippen molar-refractivity contribution in [1.82, 2.24) is 30.4 Å². The number of ether oxygens (including phenoxy) is 1. The van der Waals surface area contributed by atoms with Crippen LogP contribution in [0, 0.1) is 6.92 Å². The Morgan fingerprint density at radius 3 is 2.75 bits per heavy atom. The van der Waals surface area contributed by atoms with Crippen LogP contribution in [0.5, 0.6) is 0 Å². The molecule has 2 bridgehead atoms. The number of pyridine rings is 2. The molecule has 6 rings (SSSR count). The number of carbonyl (C=O) groups is 2. The number of nitrogens with one attached hydrogen (secondary N) is 4. The molecule has 4 atom stereocenters. The molecule has 6 heterocycles. The van der Waals surface area contributed by atoms with Crippen molar-refractivity contribution in [3.63, 3.8) is 0 Å². The van der Waals surface area contributed by atoms with E-state index < -0.39 is 6.04 Å². The second-order valence-corrected chi connectivity index (χ2v) is 9.93. The minimum absolute atomic E-state index is 0.103. The van der Waals surface area contributed by atoms with Crippen LogP contribution in [0.15, 0.2) is 30.5 Å². The van der Waals surface area contributed by atoms with E-state index in [1.807, 2.05) is 31.2 Å². The second kappa shape index (κ2) is 9.38. The van der Waals surface area contributed by atoms with Gasteiger partial charge in [-0.1, -0.05) is 0 Å². The Labute approximate surface area is 208 Å². The maximum absolute atomic E-state index is 12.6. The van der Waals surface area contributed by atoms with Gasteiger partial charge in [-0.15, -0.1) is 0 Å². The van der Waals surface area contributed by atoms with Gasteiger partial charge in [0.1, 0.15) is 17.7 Å². The molecule has 0 aliphatic carbocycles. The molecule has 3 aromatic heterocycles. The fraction of sp³-hybridized carbons (Fsp3) is 0.480. The largest absolute Gasteiger partial charge is 0.464 e. The molecule has 3 saturated heterocycles. The van der Waals surface area contributed by atoms with E-state index in [1.165, 1.54) is 0 Å². The molecule has 36 heavy (non-hydrogen) atoms. The number of amides is 1.